The first kappa shape index (κ1) is 20.5. The Bertz CT molecular complexity index is 985. The van der Waals surface area contributed by atoms with E-state index in [9.17, 15) is 29.8 Å². The van der Waals surface area contributed by atoms with Crippen LogP contribution in [0.25, 0.3) is 0 Å². The first-order valence-corrected chi connectivity index (χ1v) is 8.07. The maximum absolute atomic E-state index is 12.0. The second-order valence-electron chi connectivity index (χ2n) is 6.09. The number of esters is 1. The Morgan fingerprint density at radius 2 is 1.54 bits per heavy atom. The molecule has 1 amide bonds. The van der Waals surface area contributed by atoms with Crippen molar-refractivity contribution in [2.75, 3.05) is 11.9 Å². The largest absolute Gasteiger partial charge is 0.452 e. The number of amides is 1. The van der Waals surface area contributed by atoms with E-state index < -0.39 is 28.3 Å². The third-order valence-corrected chi connectivity index (χ3v) is 4.05. The van der Waals surface area contributed by atoms with Gasteiger partial charge in [-0.3, -0.25) is 25.0 Å². The van der Waals surface area contributed by atoms with Crippen molar-refractivity contribution >= 4 is 28.9 Å². The van der Waals surface area contributed by atoms with E-state index in [0.717, 1.165) is 5.56 Å². The molecule has 10 heteroatoms. The van der Waals surface area contributed by atoms with Gasteiger partial charge in [-0.15, -0.1) is 0 Å². The highest BCUT2D eigenvalue weighted by molar-refractivity contribution is 5.97. The second-order valence-corrected chi connectivity index (χ2v) is 6.09. The lowest BCUT2D eigenvalue weighted by Crippen LogP contribution is -2.21. The van der Waals surface area contributed by atoms with Crippen LogP contribution in [0.2, 0.25) is 0 Å². The molecule has 146 valence electrons. The average molecular weight is 387 g/mol. The molecule has 0 saturated heterocycles. The first-order chi connectivity index (χ1) is 13.1. The molecule has 0 saturated carbocycles. The van der Waals surface area contributed by atoms with Crippen molar-refractivity contribution in [3.63, 3.8) is 0 Å². The molecule has 0 aliphatic heterocycles. The van der Waals surface area contributed by atoms with E-state index in [1.165, 1.54) is 37.3 Å². The zero-order valence-electron chi connectivity index (χ0n) is 15.3. The van der Waals surface area contributed by atoms with E-state index in [1.807, 2.05) is 0 Å². The Hall–Kier alpha value is -3.82. The number of rotatable bonds is 6. The molecule has 0 atom stereocenters. The van der Waals surface area contributed by atoms with Crippen molar-refractivity contribution in [2.24, 2.45) is 0 Å². The lowest BCUT2D eigenvalue weighted by molar-refractivity contribution is -0.385. The highest BCUT2D eigenvalue weighted by atomic mass is 16.6. The molecule has 0 unspecified atom stereocenters. The van der Waals surface area contributed by atoms with Gasteiger partial charge in [-0.05, 0) is 50.1 Å². The van der Waals surface area contributed by atoms with Gasteiger partial charge in [0.1, 0.15) is 5.69 Å². The molecule has 0 bridgehead atoms. The van der Waals surface area contributed by atoms with Gasteiger partial charge in [-0.25, -0.2) is 4.79 Å². The first-order valence-electron chi connectivity index (χ1n) is 8.07. The van der Waals surface area contributed by atoms with Crippen LogP contribution < -0.4 is 5.32 Å². The minimum absolute atomic E-state index is 0.000305. The Morgan fingerprint density at radius 1 is 0.929 bits per heavy atom. The summed E-state index contributed by atoms with van der Waals surface area (Å²) in [6.07, 6.45) is 0. The van der Waals surface area contributed by atoms with Crippen molar-refractivity contribution in [3.05, 3.63) is 72.8 Å². The Balaban J connectivity index is 2.06. The summed E-state index contributed by atoms with van der Waals surface area (Å²) in [5, 5.41) is 24.3. The van der Waals surface area contributed by atoms with Crippen molar-refractivity contribution in [3.8, 4) is 0 Å². The molecular weight excluding hydrogens is 370 g/mol. The molecular formula is C18H17N3O7. The highest BCUT2D eigenvalue weighted by Gasteiger charge is 2.19. The van der Waals surface area contributed by atoms with Crippen molar-refractivity contribution in [2.45, 2.75) is 20.8 Å². The van der Waals surface area contributed by atoms with Crippen LogP contribution in [-0.2, 0) is 9.53 Å². The number of nitrogens with zero attached hydrogens (tertiary/aromatic N) is 2. The van der Waals surface area contributed by atoms with E-state index in [-0.39, 0.29) is 28.2 Å². The predicted molar refractivity (Wildman–Crippen MR) is 99.3 cm³/mol. The summed E-state index contributed by atoms with van der Waals surface area (Å²) < 4.78 is 4.88. The number of carbonyl (C=O) groups is 2. The third kappa shape index (κ3) is 4.67. The minimum Gasteiger partial charge on any atom is -0.452 e. The smallest absolute Gasteiger partial charge is 0.338 e. The van der Waals surface area contributed by atoms with Gasteiger partial charge >= 0.3 is 5.97 Å². The van der Waals surface area contributed by atoms with Crippen LogP contribution in [0.15, 0.2) is 30.3 Å². The van der Waals surface area contributed by atoms with Crippen LogP contribution in [0.3, 0.4) is 0 Å². The van der Waals surface area contributed by atoms with E-state index >= 15 is 0 Å². The summed E-state index contributed by atoms with van der Waals surface area (Å²) in [4.78, 5) is 44.8. The number of nitro benzene ring substituents is 2. The summed E-state index contributed by atoms with van der Waals surface area (Å²) in [6.45, 7) is 4.26. The topological polar surface area (TPSA) is 142 Å². The summed E-state index contributed by atoms with van der Waals surface area (Å²) in [6, 6.07) is 6.49. The van der Waals surface area contributed by atoms with Crippen LogP contribution in [-0.4, -0.2) is 28.3 Å². The van der Waals surface area contributed by atoms with Gasteiger partial charge in [0.2, 0.25) is 0 Å². The molecule has 0 aliphatic rings. The maximum atomic E-state index is 12.0. The van der Waals surface area contributed by atoms with Crippen LogP contribution in [0.5, 0.6) is 0 Å². The molecule has 2 aromatic carbocycles. The highest BCUT2D eigenvalue weighted by Crippen LogP contribution is 2.28. The number of benzene rings is 2. The predicted octanol–water partition coefficient (Wildman–Crippen LogP) is 3.22. The van der Waals surface area contributed by atoms with E-state index in [0.29, 0.717) is 5.56 Å². The molecule has 10 nitrogen and oxygen atoms in total. The molecule has 0 aromatic heterocycles. The monoisotopic (exact) mass is 387 g/mol. The Morgan fingerprint density at radius 3 is 2.11 bits per heavy atom. The zero-order valence-corrected chi connectivity index (χ0v) is 15.3. The number of hydrogen-bond donors (Lipinski definition) is 1. The summed E-state index contributed by atoms with van der Waals surface area (Å²) >= 11 is 0. The summed E-state index contributed by atoms with van der Waals surface area (Å²) in [5.74, 6) is -1.60. The van der Waals surface area contributed by atoms with Gasteiger partial charge in [0, 0.05) is 17.7 Å². The quantitative estimate of drug-likeness (QED) is 0.455. The van der Waals surface area contributed by atoms with Crippen LogP contribution in [0.4, 0.5) is 17.1 Å². The standard InChI is InChI=1S/C18H17N3O7/c1-10-7-14(16(21(26)27)8-11(10)2)19-17(22)9-28-18(23)13-4-5-15(20(24)25)12(3)6-13/h4-8H,9H2,1-3H3,(H,19,22). The molecule has 2 rings (SSSR count). The number of aryl methyl sites for hydroxylation is 3. The molecule has 0 aliphatic carbocycles. The lowest BCUT2D eigenvalue weighted by atomic mass is 10.1. The van der Waals surface area contributed by atoms with Crippen molar-refractivity contribution < 1.29 is 24.2 Å². The molecule has 0 radical (unpaired) electrons. The van der Waals surface area contributed by atoms with E-state index in [1.54, 1.807) is 13.8 Å². The fourth-order valence-corrected chi connectivity index (χ4v) is 2.44. The van der Waals surface area contributed by atoms with E-state index in [2.05, 4.69) is 5.32 Å². The van der Waals surface area contributed by atoms with Crippen LogP contribution in [0, 0.1) is 41.0 Å². The van der Waals surface area contributed by atoms with Crippen molar-refractivity contribution in [1.82, 2.24) is 0 Å². The number of nitro groups is 2. The lowest BCUT2D eigenvalue weighted by Gasteiger charge is -2.09. The van der Waals surface area contributed by atoms with E-state index in [4.69, 9.17) is 4.74 Å². The number of carbonyl (C=O) groups excluding carboxylic acids is 2. The van der Waals surface area contributed by atoms with Gasteiger partial charge < -0.3 is 10.1 Å². The van der Waals surface area contributed by atoms with Crippen LogP contribution in [0.1, 0.15) is 27.0 Å². The third-order valence-electron chi connectivity index (χ3n) is 4.05. The fraction of sp³-hybridized carbons (Fsp3) is 0.222. The average Bonchev–Trinajstić information content (AvgIpc) is 2.61. The molecule has 0 fully saturated rings. The number of hydrogen-bond acceptors (Lipinski definition) is 7. The molecule has 0 spiro atoms. The van der Waals surface area contributed by atoms with Gasteiger partial charge in [0.15, 0.2) is 6.61 Å². The molecule has 0 heterocycles. The Labute approximate surface area is 159 Å². The van der Waals surface area contributed by atoms with Gasteiger partial charge in [-0.1, -0.05) is 0 Å². The van der Waals surface area contributed by atoms with Gasteiger partial charge in [0.05, 0.1) is 15.4 Å². The van der Waals surface area contributed by atoms with Gasteiger partial charge in [-0.2, -0.15) is 0 Å². The van der Waals surface area contributed by atoms with Crippen LogP contribution >= 0.6 is 0 Å². The SMILES string of the molecule is Cc1cc(NC(=O)COC(=O)c2ccc([N+](=O)[O-])c(C)c2)c([N+](=O)[O-])cc1C. The molecule has 1 N–H and O–H groups in total. The number of nitrogens with one attached hydrogen (secondary N) is 1. The minimum atomic E-state index is -0.845. The van der Waals surface area contributed by atoms with Crippen molar-refractivity contribution in [1.29, 1.82) is 0 Å². The summed E-state index contributed by atoms with van der Waals surface area (Å²) in [5.41, 5.74) is 1.36. The Kier molecular flexibility index (Phi) is 6.04. The second kappa shape index (κ2) is 8.25. The molecule has 28 heavy (non-hydrogen) atoms. The number of anilines is 1. The fourth-order valence-electron chi connectivity index (χ4n) is 2.44. The molecule has 2 aromatic rings. The maximum Gasteiger partial charge on any atom is 0.338 e. The number of ether oxygens (including phenoxy) is 1. The zero-order chi connectivity index (χ0) is 21.0. The summed E-state index contributed by atoms with van der Waals surface area (Å²) in [7, 11) is 0. The van der Waals surface area contributed by atoms with Gasteiger partial charge in [0.25, 0.3) is 17.3 Å². The normalized spacial score (nSPS) is 10.2.